The van der Waals surface area contributed by atoms with E-state index in [0.717, 1.165) is 15.0 Å². The van der Waals surface area contributed by atoms with Crippen LogP contribution >= 0.6 is 22.9 Å². The number of thiophene rings is 1. The Labute approximate surface area is 114 Å². The summed E-state index contributed by atoms with van der Waals surface area (Å²) >= 11 is 7.16. The number of carbonyl (C=O) groups is 1. The SMILES string of the molecule is CC(Cl)C(=O)NCC(O)c1cc2ccccc2s1. The van der Waals surface area contributed by atoms with E-state index in [1.807, 2.05) is 30.3 Å². The van der Waals surface area contributed by atoms with Gasteiger partial charge < -0.3 is 10.4 Å². The largest absolute Gasteiger partial charge is 0.386 e. The number of amides is 1. The van der Waals surface area contributed by atoms with Gasteiger partial charge in [-0.25, -0.2) is 0 Å². The monoisotopic (exact) mass is 283 g/mol. The maximum atomic E-state index is 11.3. The van der Waals surface area contributed by atoms with Crippen LogP contribution in [0, 0.1) is 0 Å². The van der Waals surface area contributed by atoms with Crippen molar-refractivity contribution in [2.75, 3.05) is 6.54 Å². The predicted octanol–water partition coefficient (Wildman–Crippen LogP) is 2.68. The Kier molecular flexibility index (Phi) is 4.22. The summed E-state index contributed by atoms with van der Waals surface area (Å²) in [6, 6.07) is 9.88. The van der Waals surface area contributed by atoms with Gasteiger partial charge in [-0.15, -0.1) is 22.9 Å². The summed E-state index contributed by atoms with van der Waals surface area (Å²) in [5.41, 5.74) is 0. The maximum absolute atomic E-state index is 11.3. The molecule has 2 N–H and O–H groups in total. The highest BCUT2D eigenvalue weighted by atomic mass is 35.5. The van der Waals surface area contributed by atoms with Crippen LogP contribution in [0.25, 0.3) is 10.1 Å². The zero-order valence-corrected chi connectivity index (χ0v) is 11.5. The molecule has 0 aliphatic heterocycles. The second-order valence-corrected chi connectivity index (χ2v) is 5.83. The normalized spacial score (nSPS) is 14.4. The Morgan fingerprint density at radius 3 is 2.89 bits per heavy atom. The molecule has 1 amide bonds. The molecular formula is C13H14ClNO2S. The minimum atomic E-state index is -0.693. The lowest BCUT2D eigenvalue weighted by Gasteiger charge is -2.10. The Balaban J connectivity index is 2.04. The molecule has 96 valence electrons. The molecule has 0 saturated heterocycles. The van der Waals surface area contributed by atoms with Crippen LogP contribution in [0.5, 0.6) is 0 Å². The molecule has 0 spiro atoms. The van der Waals surface area contributed by atoms with Crippen LogP contribution in [-0.4, -0.2) is 22.9 Å². The first-order valence-electron chi connectivity index (χ1n) is 5.66. The molecule has 2 unspecified atom stereocenters. The van der Waals surface area contributed by atoms with Crippen molar-refractivity contribution < 1.29 is 9.90 Å². The quantitative estimate of drug-likeness (QED) is 0.848. The summed E-state index contributed by atoms with van der Waals surface area (Å²) in [5.74, 6) is -0.267. The molecular weight excluding hydrogens is 270 g/mol. The summed E-state index contributed by atoms with van der Waals surface area (Å²) in [6.45, 7) is 1.78. The van der Waals surface area contributed by atoms with Crippen LogP contribution in [-0.2, 0) is 4.79 Å². The summed E-state index contributed by atoms with van der Waals surface area (Å²) in [5, 5.41) is 13.1. The summed E-state index contributed by atoms with van der Waals surface area (Å²) in [4.78, 5) is 12.1. The maximum Gasteiger partial charge on any atom is 0.237 e. The van der Waals surface area contributed by atoms with Gasteiger partial charge in [0, 0.05) is 16.1 Å². The number of hydrogen-bond donors (Lipinski definition) is 2. The molecule has 5 heteroatoms. The van der Waals surface area contributed by atoms with Crippen LogP contribution in [0.2, 0.25) is 0 Å². The second kappa shape index (κ2) is 5.69. The molecule has 18 heavy (non-hydrogen) atoms. The average Bonchev–Trinajstić information content (AvgIpc) is 2.79. The molecule has 0 saturated carbocycles. The van der Waals surface area contributed by atoms with Gasteiger partial charge in [0.25, 0.3) is 0 Å². The second-order valence-electron chi connectivity index (χ2n) is 4.06. The average molecular weight is 284 g/mol. The van der Waals surface area contributed by atoms with E-state index in [9.17, 15) is 9.90 Å². The van der Waals surface area contributed by atoms with Gasteiger partial charge in [0.05, 0.1) is 0 Å². The van der Waals surface area contributed by atoms with Gasteiger partial charge in [-0.3, -0.25) is 4.79 Å². The van der Waals surface area contributed by atoms with Crippen LogP contribution < -0.4 is 5.32 Å². The van der Waals surface area contributed by atoms with E-state index in [2.05, 4.69) is 5.32 Å². The van der Waals surface area contributed by atoms with E-state index in [4.69, 9.17) is 11.6 Å². The Morgan fingerprint density at radius 1 is 1.50 bits per heavy atom. The Morgan fingerprint density at radius 2 is 2.22 bits per heavy atom. The number of alkyl halides is 1. The number of hydrogen-bond acceptors (Lipinski definition) is 3. The fourth-order valence-corrected chi connectivity index (χ4v) is 2.73. The van der Waals surface area contributed by atoms with Gasteiger partial charge in [-0.1, -0.05) is 18.2 Å². The van der Waals surface area contributed by atoms with Crippen molar-refractivity contribution in [1.82, 2.24) is 5.32 Å². The number of halogens is 1. The topological polar surface area (TPSA) is 49.3 Å². The lowest BCUT2D eigenvalue weighted by Crippen LogP contribution is -2.32. The van der Waals surface area contributed by atoms with E-state index in [1.54, 1.807) is 6.92 Å². The van der Waals surface area contributed by atoms with Gasteiger partial charge in [-0.05, 0) is 24.4 Å². The Bertz CT molecular complexity index is 520. The van der Waals surface area contributed by atoms with Crippen molar-refractivity contribution >= 4 is 38.9 Å². The minimum Gasteiger partial charge on any atom is -0.386 e. The standard InChI is InChI=1S/C13H14ClNO2S/c1-8(14)13(17)15-7-10(16)12-6-9-4-2-3-5-11(9)18-12/h2-6,8,10,16H,7H2,1H3,(H,15,17). The molecule has 1 heterocycles. The smallest absolute Gasteiger partial charge is 0.237 e. The summed E-state index contributed by atoms with van der Waals surface area (Å²) in [6.07, 6.45) is -0.693. The van der Waals surface area contributed by atoms with Gasteiger partial charge in [0.2, 0.25) is 5.91 Å². The minimum absolute atomic E-state index is 0.183. The summed E-state index contributed by atoms with van der Waals surface area (Å²) in [7, 11) is 0. The highest BCUT2D eigenvalue weighted by Crippen LogP contribution is 2.29. The fraction of sp³-hybridized carbons (Fsp3) is 0.308. The van der Waals surface area contributed by atoms with Crippen LogP contribution in [0.1, 0.15) is 17.9 Å². The molecule has 0 fully saturated rings. The first-order chi connectivity index (χ1) is 8.58. The zero-order chi connectivity index (χ0) is 13.1. The highest BCUT2D eigenvalue weighted by molar-refractivity contribution is 7.19. The van der Waals surface area contributed by atoms with E-state index in [0.29, 0.717) is 0 Å². The van der Waals surface area contributed by atoms with E-state index in [1.165, 1.54) is 11.3 Å². The van der Waals surface area contributed by atoms with Gasteiger partial charge in [0.15, 0.2) is 0 Å². The van der Waals surface area contributed by atoms with Crippen LogP contribution in [0.15, 0.2) is 30.3 Å². The first-order valence-corrected chi connectivity index (χ1v) is 6.91. The molecule has 0 bridgehead atoms. The molecule has 0 aliphatic rings. The zero-order valence-electron chi connectivity index (χ0n) is 9.89. The van der Waals surface area contributed by atoms with Crippen LogP contribution in [0.4, 0.5) is 0 Å². The lowest BCUT2D eigenvalue weighted by molar-refractivity contribution is -0.120. The third kappa shape index (κ3) is 3.02. The van der Waals surface area contributed by atoms with Crippen molar-refractivity contribution in [3.8, 4) is 0 Å². The number of carbonyl (C=O) groups excluding carboxylic acids is 1. The summed E-state index contributed by atoms with van der Waals surface area (Å²) < 4.78 is 1.13. The number of aliphatic hydroxyl groups excluding tert-OH is 1. The highest BCUT2D eigenvalue weighted by Gasteiger charge is 2.14. The predicted molar refractivity (Wildman–Crippen MR) is 75.1 cm³/mol. The number of fused-ring (bicyclic) bond motifs is 1. The third-order valence-electron chi connectivity index (χ3n) is 2.60. The molecule has 1 aromatic heterocycles. The van der Waals surface area contributed by atoms with Crippen LogP contribution in [0.3, 0.4) is 0 Å². The van der Waals surface area contributed by atoms with Crippen molar-refractivity contribution in [1.29, 1.82) is 0 Å². The molecule has 2 rings (SSSR count). The molecule has 1 aromatic carbocycles. The van der Waals surface area contributed by atoms with Crippen molar-refractivity contribution in [3.63, 3.8) is 0 Å². The van der Waals surface area contributed by atoms with Crippen molar-refractivity contribution in [2.24, 2.45) is 0 Å². The number of benzene rings is 1. The lowest BCUT2D eigenvalue weighted by atomic mass is 10.2. The number of aliphatic hydroxyl groups is 1. The third-order valence-corrected chi connectivity index (χ3v) is 4.02. The molecule has 2 atom stereocenters. The molecule has 0 aliphatic carbocycles. The molecule has 0 radical (unpaired) electrons. The van der Waals surface area contributed by atoms with Gasteiger partial charge in [-0.2, -0.15) is 0 Å². The molecule has 2 aromatic rings. The van der Waals surface area contributed by atoms with E-state index >= 15 is 0 Å². The van der Waals surface area contributed by atoms with E-state index in [-0.39, 0.29) is 12.5 Å². The number of nitrogens with one attached hydrogen (secondary N) is 1. The van der Waals surface area contributed by atoms with Crippen molar-refractivity contribution in [3.05, 3.63) is 35.2 Å². The molecule has 3 nitrogen and oxygen atoms in total. The first kappa shape index (κ1) is 13.3. The van der Waals surface area contributed by atoms with Gasteiger partial charge >= 0.3 is 0 Å². The van der Waals surface area contributed by atoms with Crippen molar-refractivity contribution in [2.45, 2.75) is 18.4 Å². The number of rotatable bonds is 4. The van der Waals surface area contributed by atoms with E-state index < -0.39 is 11.5 Å². The van der Waals surface area contributed by atoms with Gasteiger partial charge in [0.1, 0.15) is 11.5 Å². The Hall–Kier alpha value is -1.10. The fourth-order valence-electron chi connectivity index (χ4n) is 1.61.